The fraction of sp³-hybridized carbons (Fsp3) is 0.562. The molecule has 142 valence electrons. The molecule has 1 aromatic carbocycles. The van der Waals surface area contributed by atoms with Gasteiger partial charge in [-0.3, -0.25) is 4.99 Å². The lowest BCUT2D eigenvalue weighted by Gasteiger charge is -2.18. The van der Waals surface area contributed by atoms with Crippen LogP contribution in [0.15, 0.2) is 29.3 Å². The number of ether oxygens (including phenoxy) is 1. The number of sulfone groups is 1. The minimum atomic E-state index is -3.00. The summed E-state index contributed by atoms with van der Waals surface area (Å²) in [6.07, 6.45) is -0.843. The maximum absolute atomic E-state index is 12.2. The average molecular weight is 377 g/mol. The summed E-state index contributed by atoms with van der Waals surface area (Å²) >= 11 is 0. The predicted molar refractivity (Wildman–Crippen MR) is 95.1 cm³/mol. The maximum atomic E-state index is 12.2. The van der Waals surface area contributed by atoms with E-state index in [0.717, 1.165) is 5.56 Å². The number of nitrogens with zero attached hydrogens (tertiary/aromatic N) is 1. The third-order valence-corrected chi connectivity index (χ3v) is 4.24. The highest BCUT2D eigenvalue weighted by molar-refractivity contribution is 7.90. The van der Waals surface area contributed by atoms with E-state index >= 15 is 0 Å². The van der Waals surface area contributed by atoms with E-state index in [1.165, 1.54) is 6.26 Å². The Morgan fingerprint density at radius 2 is 2.08 bits per heavy atom. The Labute approximate surface area is 147 Å². The number of benzene rings is 1. The Hall–Kier alpha value is -1.90. The highest BCUT2D eigenvalue weighted by Crippen LogP contribution is 2.14. The summed E-state index contributed by atoms with van der Waals surface area (Å²) in [4.78, 5) is 4.08. The zero-order valence-corrected chi connectivity index (χ0v) is 15.4. The van der Waals surface area contributed by atoms with Gasteiger partial charge in [-0.05, 0) is 31.0 Å². The summed E-state index contributed by atoms with van der Waals surface area (Å²) in [5, 5.41) is 6.20. The van der Waals surface area contributed by atoms with Crippen LogP contribution in [-0.2, 0) is 16.4 Å². The van der Waals surface area contributed by atoms with Crippen molar-refractivity contribution in [3.63, 3.8) is 0 Å². The summed E-state index contributed by atoms with van der Waals surface area (Å²) in [7, 11) is -1.39. The minimum absolute atomic E-state index is 0.0679. The van der Waals surface area contributed by atoms with Crippen LogP contribution in [0.4, 0.5) is 8.78 Å². The average Bonchev–Trinajstić information content (AvgIpc) is 2.54. The Morgan fingerprint density at radius 3 is 2.68 bits per heavy atom. The number of hydrogen-bond acceptors (Lipinski definition) is 4. The molecule has 0 saturated carbocycles. The second-order valence-electron chi connectivity index (χ2n) is 5.74. The lowest BCUT2D eigenvalue weighted by molar-refractivity contribution is 0.0818. The summed E-state index contributed by atoms with van der Waals surface area (Å²) in [6, 6.07) is 6.79. The smallest absolute Gasteiger partial charge is 0.272 e. The van der Waals surface area contributed by atoms with Gasteiger partial charge in [0.1, 0.15) is 22.2 Å². The van der Waals surface area contributed by atoms with Gasteiger partial charge in [-0.1, -0.05) is 12.1 Å². The van der Waals surface area contributed by atoms with Gasteiger partial charge < -0.3 is 15.4 Å². The van der Waals surface area contributed by atoms with Crippen LogP contribution in [0.2, 0.25) is 0 Å². The molecule has 1 atom stereocenters. The second kappa shape index (κ2) is 10.2. The van der Waals surface area contributed by atoms with E-state index in [4.69, 9.17) is 4.74 Å². The van der Waals surface area contributed by atoms with Crippen molar-refractivity contribution in [2.75, 3.05) is 25.7 Å². The quantitative estimate of drug-likeness (QED) is 0.507. The summed E-state index contributed by atoms with van der Waals surface area (Å²) in [5.41, 5.74) is 0.846. The number of guanidine groups is 1. The Bertz CT molecular complexity index is 666. The number of hydrogen-bond donors (Lipinski definition) is 2. The SMILES string of the molecule is CN=C(NCc1cccc(OCC(F)F)c1)NC(C)CCS(C)(=O)=O. The number of aliphatic imine (C=N–C) groups is 1. The molecule has 25 heavy (non-hydrogen) atoms. The van der Waals surface area contributed by atoms with Crippen LogP contribution < -0.4 is 15.4 Å². The molecule has 0 radical (unpaired) electrons. The van der Waals surface area contributed by atoms with Crippen molar-refractivity contribution in [2.24, 2.45) is 4.99 Å². The minimum Gasteiger partial charge on any atom is -0.488 e. The van der Waals surface area contributed by atoms with Gasteiger partial charge in [-0.15, -0.1) is 0 Å². The van der Waals surface area contributed by atoms with E-state index in [1.54, 1.807) is 25.2 Å². The third-order valence-electron chi connectivity index (χ3n) is 3.26. The van der Waals surface area contributed by atoms with Gasteiger partial charge in [-0.25, -0.2) is 17.2 Å². The lowest BCUT2D eigenvalue weighted by atomic mass is 10.2. The highest BCUT2D eigenvalue weighted by atomic mass is 32.2. The number of rotatable bonds is 9. The van der Waals surface area contributed by atoms with Crippen LogP contribution in [0.5, 0.6) is 5.75 Å². The molecule has 0 aliphatic rings. The van der Waals surface area contributed by atoms with E-state index in [1.807, 2.05) is 13.0 Å². The molecule has 0 aromatic heterocycles. The largest absolute Gasteiger partial charge is 0.488 e. The molecule has 0 spiro atoms. The molecular formula is C16H25F2N3O3S. The van der Waals surface area contributed by atoms with Crippen LogP contribution in [0.1, 0.15) is 18.9 Å². The standard InChI is InChI=1S/C16H25F2N3O3S/c1-12(7-8-25(3,22)23)21-16(19-2)20-10-13-5-4-6-14(9-13)24-11-15(17)18/h4-6,9,12,15H,7-8,10-11H2,1-3H3,(H2,19,20,21). The highest BCUT2D eigenvalue weighted by Gasteiger charge is 2.10. The van der Waals surface area contributed by atoms with E-state index in [-0.39, 0.29) is 11.8 Å². The monoisotopic (exact) mass is 377 g/mol. The van der Waals surface area contributed by atoms with Crippen molar-refractivity contribution in [3.8, 4) is 5.75 Å². The van der Waals surface area contributed by atoms with Crippen LogP contribution in [0.25, 0.3) is 0 Å². The number of alkyl halides is 2. The summed E-state index contributed by atoms with van der Waals surface area (Å²) < 4.78 is 51.7. The van der Waals surface area contributed by atoms with Crippen molar-refractivity contribution >= 4 is 15.8 Å². The molecule has 0 aliphatic carbocycles. The van der Waals surface area contributed by atoms with Crippen molar-refractivity contribution in [1.82, 2.24) is 10.6 Å². The summed E-state index contributed by atoms with van der Waals surface area (Å²) in [6.45, 7) is 1.65. The molecule has 2 N–H and O–H groups in total. The van der Waals surface area contributed by atoms with E-state index in [0.29, 0.717) is 24.7 Å². The van der Waals surface area contributed by atoms with E-state index in [2.05, 4.69) is 15.6 Å². The molecule has 1 unspecified atom stereocenters. The zero-order chi connectivity index (χ0) is 18.9. The Kier molecular flexibility index (Phi) is 8.60. The van der Waals surface area contributed by atoms with Crippen molar-refractivity contribution in [3.05, 3.63) is 29.8 Å². The first-order valence-electron chi connectivity index (χ1n) is 7.84. The first-order chi connectivity index (χ1) is 11.7. The Balaban J connectivity index is 2.50. The van der Waals surface area contributed by atoms with Gasteiger partial charge >= 0.3 is 0 Å². The molecule has 0 fully saturated rings. The van der Waals surface area contributed by atoms with Crippen molar-refractivity contribution in [2.45, 2.75) is 32.4 Å². The van der Waals surface area contributed by atoms with Crippen molar-refractivity contribution in [1.29, 1.82) is 0 Å². The van der Waals surface area contributed by atoms with Crippen LogP contribution in [0, 0.1) is 0 Å². The Morgan fingerprint density at radius 1 is 1.36 bits per heavy atom. The van der Waals surface area contributed by atoms with Gasteiger partial charge in [0.2, 0.25) is 0 Å². The first kappa shape index (κ1) is 21.1. The van der Waals surface area contributed by atoms with Gasteiger partial charge in [0.05, 0.1) is 5.75 Å². The molecule has 0 heterocycles. The molecular weight excluding hydrogens is 352 g/mol. The van der Waals surface area contributed by atoms with Gasteiger partial charge in [0.25, 0.3) is 6.43 Å². The zero-order valence-electron chi connectivity index (χ0n) is 14.6. The fourth-order valence-corrected chi connectivity index (χ4v) is 2.76. The van der Waals surface area contributed by atoms with E-state index in [9.17, 15) is 17.2 Å². The molecule has 0 saturated heterocycles. The van der Waals surface area contributed by atoms with Crippen LogP contribution in [-0.4, -0.2) is 52.5 Å². The molecule has 1 rings (SSSR count). The molecule has 0 bridgehead atoms. The van der Waals surface area contributed by atoms with Gasteiger partial charge in [0, 0.05) is 25.9 Å². The topological polar surface area (TPSA) is 79.8 Å². The molecule has 6 nitrogen and oxygen atoms in total. The second-order valence-corrected chi connectivity index (χ2v) is 8.00. The molecule has 1 aromatic rings. The molecule has 0 aliphatic heterocycles. The fourth-order valence-electron chi connectivity index (χ4n) is 1.98. The van der Waals surface area contributed by atoms with Gasteiger partial charge in [-0.2, -0.15) is 0 Å². The van der Waals surface area contributed by atoms with Crippen molar-refractivity contribution < 1.29 is 21.9 Å². The summed E-state index contributed by atoms with van der Waals surface area (Å²) in [5.74, 6) is 1.01. The van der Waals surface area contributed by atoms with Crippen LogP contribution in [0.3, 0.4) is 0 Å². The molecule has 0 amide bonds. The van der Waals surface area contributed by atoms with E-state index < -0.39 is 22.9 Å². The number of nitrogens with one attached hydrogen (secondary N) is 2. The third kappa shape index (κ3) is 9.85. The van der Waals surface area contributed by atoms with Crippen LogP contribution >= 0.6 is 0 Å². The molecule has 9 heteroatoms. The first-order valence-corrected chi connectivity index (χ1v) is 9.90. The predicted octanol–water partition coefficient (Wildman–Crippen LogP) is 1.82. The van der Waals surface area contributed by atoms with Gasteiger partial charge in [0.15, 0.2) is 5.96 Å². The lowest BCUT2D eigenvalue weighted by Crippen LogP contribution is -2.42. The maximum Gasteiger partial charge on any atom is 0.272 e. The number of halogens is 2. The normalized spacial score (nSPS) is 13.6.